The van der Waals surface area contributed by atoms with Crippen molar-refractivity contribution in [3.63, 3.8) is 0 Å². The van der Waals surface area contributed by atoms with Crippen LogP contribution in [0, 0.1) is 0 Å². The van der Waals surface area contributed by atoms with Crippen LogP contribution < -0.4 is 0 Å². The van der Waals surface area contributed by atoms with Gasteiger partial charge in [0.1, 0.15) is 0 Å². The summed E-state index contributed by atoms with van der Waals surface area (Å²) < 4.78 is 1.09. The molecule has 106 valence electrons. The molecule has 2 aromatic carbocycles. The summed E-state index contributed by atoms with van der Waals surface area (Å²) in [6.45, 7) is 2.12. The molecular weight excluding hydrogens is 346 g/mol. The third kappa shape index (κ3) is 3.12. The van der Waals surface area contributed by atoms with Crippen LogP contribution in [0.4, 0.5) is 0 Å². The van der Waals surface area contributed by atoms with Gasteiger partial charge in [0.15, 0.2) is 0 Å². The fraction of sp³-hybridized carbons (Fsp3) is 0.167. The van der Waals surface area contributed by atoms with Gasteiger partial charge >= 0.3 is 0 Å². The Balaban J connectivity index is 1.94. The van der Waals surface area contributed by atoms with Gasteiger partial charge in [0.25, 0.3) is 0 Å². The first-order valence-corrected chi connectivity index (χ1v) is 8.12. The number of aromatic nitrogens is 1. The molecule has 0 aliphatic heterocycles. The molecule has 1 nitrogen and oxygen atoms in total. The molecule has 3 rings (SSSR count). The molecule has 0 aliphatic carbocycles. The van der Waals surface area contributed by atoms with E-state index >= 15 is 0 Å². The minimum absolute atomic E-state index is 0.0899. The summed E-state index contributed by atoms with van der Waals surface area (Å²) >= 11 is 10.2. The van der Waals surface area contributed by atoms with Gasteiger partial charge in [-0.15, -0.1) is 11.6 Å². The predicted octanol–water partition coefficient (Wildman–Crippen LogP) is 6.08. The monoisotopic (exact) mass is 359 g/mol. The van der Waals surface area contributed by atoms with Gasteiger partial charge in [0, 0.05) is 22.3 Å². The van der Waals surface area contributed by atoms with Crippen LogP contribution in [-0.2, 0) is 0 Å². The molecule has 3 aromatic rings. The molecule has 1 heterocycles. The van der Waals surface area contributed by atoms with E-state index in [1.807, 2.05) is 24.4 Å². The molecule has 0 aliphatic rings. The number of nitrogens with zero attached hydrogens (tertiary/aromatic N) is 1. The Kier molecular flexibility index (Phi) is 4.27. The van der Waals surface area contributed by atoms with Crippen LogP contribution in [0.15, 0.2) is 65.3 Å². The molecule has 0 bridgehead atoms. The van der Waals surface area contributed by atoms with E-state index in [0.29, 0.717) is 0 Å². The molecule has 0 N–H and O–H groups in total. The first-order chi connectivity index (χ1) is 10.1. The van der Waals surface area contributed by atoms with E-state index in [-0.39, 0.29) is 11.3 Å². The molecule has 0 saturated heterocycles. The summed E-state index contributed by atoms with van der Waals surface area (Å²) in [4.78, 5) is 4.41. The summed E-state index contributed by atoms with van der Waals surface area (Å²) in [7, 11) is 0. The Bertz CT molecular complexity index is 758. The fourth-order valence-corrected chi connectivity index (χ4v) is 3.13. The van der Waals surface area contributed by atoms with Gasteiger partial charge in [-0.2, -0.15) is 0 Å². The second-order valence-corrected chi connectivity index (χ2v) is 6.58. The average Bonchev–Trinajstić information content (AvgIpc) is 2.53. The van der Waals surface area contributed by atoms with Crippen molar-refractivity contribution in [2.24, 2.45) is 0 Å². The first-order valence-electron chi connectivity index (χ1n) is 6.89. The van der Waals surface area contributed by atoms with Crippen molar-refractivity contribution in [1.82, 2.24) is 4.98 Å². The second-order valence-electron chi connectivity index (χ2n) is 5.20. The fourth-order valence-electron chi connectivity index (χ4n) is 2.49. The van der Waals surface area contributed by atoms with Gasteiger partial charge in [0.2, 0.25) is 0 Å². The zero-order valence-electron chi connectivity index (χ0n) is 11.6. The van der Waals surface area contributed by atoms with E-state index in [2.05, 4.69) is 64.2 Å². The highest BCUT2D eigenvalue weighted by Gasteiger charge is 2.19. The highest BCUT2D eigenvalue weighted by Crippen LogP contribution is 2.36. The highest BCUT2D eigenvalue weighted by molar-refractivity contribution is 9.10. The minimum Gasteiger partial charge on any atom is -0.261 e. The van der Waals surface area contributed by atoms with E-state index in [0.717, 1.165) is 15.7 Å². The average molecular weight is 361 g/mol. The highest BCUT2D eigenvalue weighted by atomic mass is 79.9. The maximum atomic E-state index is 6.67. The zero-order valence-corrected chi connectivity index (χ0v) is 14.0. The molecule has 1 aromatic heterocycles. The van der Waals surface area contributed by atoms with E-state index < -0.39 is 0 Å². The summed E-state index contributed by atoms with van der Waals surface area (Å²) in [6.07, 6.45) is 1.81. The molecule has 2 atom stereocenters. The molecule has 0 radical (unpaired) electrons. The Morgan fingerprint density at radius 1 is 1.00 bits per heavy atom. The summed E-state index contributed by atoms with van der Waals surface area (Å²) in [5.41, 5.74) is 2.15. The molecule has 2 unspecified atom stereocenters. The van der Waals surface area contributed by atoms with Crippen LogP contribution in [0.25, 0.3) is 10.8 Å². The molecular formula is C18H15BrClN. The summed E-state index contributed by atoms with van der Waals surface area (Å²) in [5, 5.41) is 2.32. The van der Waals surface area contributed by atoms with Crippen molar-refractivity contribution in [3.8, 4) is 0 Å². The Labute approximate surface area is 138 Å². The van der Waals surface area contributed by atoms with Gasteiger partial charge in [-0.1, -0.05) is 47.1 Å². The maximum absolute atomic E-state index is 6.67. The molecule has 0 amide bonds. The van der Waals surface area contributed by atoms with Crippen LogP contribution >= 0.6 is 27.5 Å². The van der Waals surface area contributed by atoms with E-state index in [9.17, 15) is 0 Å². The number of benzene rings is 2. The number of pyridine rings is 1. The van der Waals surface area contributed by atoms with Crippen molar-refractivity contribution in [2.75, 3.05) is 0 Å². The standard InChI is InChI=1S/C18H15BrClN/c1-12(17-4-2-3-9-21-17)18(20)15-6-5-14-11-16(19)8-7-13(14)10-15/h2-12,18H,1H3. The van der Waals surface area contributed by atoms with Crippen molar-refractivity contribution in [1.29, 1.82) is 0 Å². The minimum atomic E-state index is -0.0899. The summed E-state index contributed by atoms with van der Waals surface area (Å²) in [5.74, 6) is 0.167. The third-order valence-electron chi connectivity index (χ3n) is 3.74. The second kappa shape index (κ2) is 6.17. The Hall–Kier alpha value is -1.38. The van der Waals surface area contributed by atoms with Gasteiger partial charge in [-0.25, -0.2) is 0 Å². The number of halogens is 2. The molecule has 21 heavy (non-hydrogen) atoms. The van der Waals surface area contributed by atoms with Crippen molar-refractivity contribution >= 4 is 38.3 Å². The lowest BCUT2D eigenvalue weighted by atomic mass is 9.95. The van der Waals surface area contributed by atoms with Crippen molar-refractivity contribution in [2.45, 2.75) is 18.2 Å². The predicted molar refractivity (Wildman–Crippen MR) is 92.9 cm³/mol. The zero-order chi connectivity index (χ0) is 14.8. The van der Waals surface area contributed by atoms with Crippen LogP contribution in [-0.4, -0.2) is 4.98 Å². The lowest BCUT2D eigenvalue weighted by molar-refractivity contribution is 0.707. The lowest BCUT2D eigenvalue weighted by Crippen LogP contribution is -2.04. The smallest absolute Gasteiger partial charge is 0.0666 e. The van der Waals surface area contributed by atoms with Crippen LogP contribution in [0.2, 0.25) is 0 Å². The van der Waals surface area contributed by atoms with Gasteiger partial charge in [-0.3, -0.25) is 4.98 Å². The SMILES string of the molecule is CC(c1ccccn1)C(Cl)c1ccc2cc(Br)ccc2c1. The number of rotatable bonds is 3. The molecule has 0 spiro atoms. The Morgan fingerprint density at radius 3 is 2.52 bits per heavy atom. The van der Waals surface area contributed by atoms with Crippen LogP contribution in [0.1, 0.15) is 29.5 Å². The van der Waals surface area contributed by atoms with Crippen molar-refractivity contribution in [3.05, 3.63) is 76.5 Å². The molecule has 0 saturated carbocycles. The summed E-state index contributed by atoms with van der Waals surface area (Å²) in [6, 6.07) is 18.6. The Morgan fingerprint density at radius 2 is 1.76 bits per heavy atom. The van der Waals surface area contributed by atoms with E-state index in [4.69, 9.17) is 11.6 Å². The number of alkyl halides is 1. The van der Waals surface area contributed by atoms with Gasteiger partial charge in [-0.05, 0) is 46.7 Å². The third-order valence-corrected chi connectivity index (χ3v) is 4.86. The number of fused-ring (bicyclic) bond motifs is 1. The molecule has 3 heteroatoms. The van der Waals surface area contributed by atoms with E-state index in [1.165, 1.54) is 10.8 Å². The maximum Gasteiger partial charge on any atom is 0.0666 e. The van der Waals surface area contributed by atoms with E-state index in [1.54, 1.807) is 0 Å². The topological polar surface area (TPSA) is 12.9 Å². The van der Waals surface area contributed by atoms with Crippen LogP contribution in [0.3, 0.4) is 0 Å². The largest absolute Gasteiger partial charge is 0.261 e. The van der Waals surface area contributed by atoms with Gasteiger partial charge in [0.05, 0.1) is 5.38 Å². The first kappa shape index (κ1) is 14.6. The normalized spacial score (nSPS) is 14.0. The molecule has 0 fully saturated rings. The lowest BCUT2D eigenvalue weighted by Gasteiger charge is -2.18. The van der Waals surface area contributed by atoms with Crippen LogP contribution in [0.5, 0.6) is 0 Å². The number of hydrogen-bond acceptors (Lipinski definition) is 1. The van der Waals surface area contributed by atoms with Gasteiger partial charge < -0.3 is 0 Å². The number of hydrogen-bond donors (Lipinski definition) is 0. The quantitative estimate of drug-likeness (QED) is 0.516. The van der Waals surface area contributed by atoms with Crippen molar-refractivity contribution < 1.29 is 0 Å².